The van der Waals surface area contributed by atoms with Crippen LogP contribution in [0.25, 0.3) is 0 Å². The standard InChI is InChI=1S/C7H16N4O2.C6H9N3O2/c8-5(6(12)13)3-1-2-4-11-7(9)10;7-5(6(10)11)1-4-2-8-3-9-4/h5H,1-4,8H2,(H,12,13)(H4,9,10,11);2-3,5H,1,7H2,(H,8,9)(H,10,11). The molecule has 0 aliphatic carbocycles. The molecule has 1 aromatic heterocycles. The van der Waals surface area contributed by atoms with E-state index in [0.717, 1.165) is 12.1 Å². The average molecular weight is 343 g/mol. The second-order valence-corrected chi connectivity index (χ2v) is 4.97. The predicted molar refractivity (Wildman–Crippen MR) is 88.0 cm³/mol. The van der Waals surface area contributed by atoms with E-state index < -0.39 is 24.0 Å². The number of unbranched alkanes of at least 4 members (excludes halogenated alkanes) is 1. The molecule has 0 aliphatic heterocycles. The van der Waals surface area contributed by atoms with Gasteiger partial charge in [0.05, 0.1) is 6.33 Å². The Morgan fingerprint density at radius 3 is 2.25 bits per heavy atom. The zero-order valence-electron chi connectivity index (χ0n) is 13.3. The number of H-pyrrole nitrogens is 1. The number of nitrogens with zero attached hydrogens (tertiary/aromatic N) is 2. The fourth-order valence-electron chi connectivity index (χ4n) is 1.53. The lowest BCUT2D eigenvalue weighted by atomic mass is 10.1. The predicted octanol–water partition coefficient (Wildman–Crippen LogP) is -1.79. The first-order valence-electron chi connectivity index (χ1n) is 7.23. The second-order valence-electron chi connectivity index (χ2n) is 4.97. The van der Waals surface area contributed by atoms with E-state index in [0.29, 0.717) is 19.4 Å². The van der Waals surface area contributed by atoms with Crippen molar-refractivity contribution in [2.75, 3.05) is 6.54 Å². The Morgan fingerprint density at radius 2 is 1.79 bits per heavy atom. The Bertz CT molecular complexity index is 514. The summed E-state index contributed by atoms with van der Waals surface area (Å²) in [5.41, 5.74) is 21.5. The minimum Gasteiger partial charge on any atom is -0.480 e. The van der Waals surface area contributed by atoms with Gasteiger partial charge >= 0.3 is 11.9 Å². The van der Waals surface area contributed by atoms with Crippen LogP contribution >= 0.6 is 0 Å². The first-order chi connectivity index (χ1) is 11.2. The molecule has 11 N–H and O–H groups in total. The van der Waals surface area contributed by atoms with Crippen molar-refractivity contribution in [2.45, 2.75) is 37.8 Å². The molecule has 136 valence electrons. The molecule has 1 aromatic rings. The van der Waals surface area contributed by atoms with Crippen molar-refractivity contribution in [3.8, 4) is 0 Å². The number of aromatic nitrogens is 2. The molecule has 24 heavy (non-hydrogen) atoms. The summed E-state index contributed by atoms with van der Waals surface area (Å²) >= 11 is 0. The molecule has 0 radical (unpaired) electrons. The van der Waals surface area contributed by atoms with Gasteiger partial charge in [-0.2, -0.15) is 0 Å². The van der Waals surface area contributed by atoms with Crippen LogP contribution in [0.15, 0.2) is 17.5 Å². The van der Waals surface area contributed by atoms with Gasteiger partial charge in [-0.25, -0.2) is 4.98 Å². The number of hydrogen-bond donors (Lipinski definition) is 7. The summed E-state index contributed by atoms with van der Waals surface area (Å²) in [6.07, 6.45) is 5.25. The number of hydrogen-bond acceptors (Lipinski definition) is 6. The normalized spacial score (nSPS) is 12.4. The summed E-state index contributed by atoms with van der Waals surface area (Å²) in [4.78, 5) is 30.8. The minimum atomic E-state index is -1.00. The number of nitrogens with two attached hydrogens (primary N) is 4. The lowest BCUT2D eigenvalue weighted by molar-refractivity contribution is -0.139. The third kappa shape index (κ3) is 11.0. The monoisotopic (exact) mass is 343 g/mol. The molecule has 0 saturated heterocycles. The van der Waals surface area contributed by atoms with E-state index in [1.807, 2.05) is 0 Å². The lowest BCUT2D eigenvalue weighted by Gasteiger charge is -2.04. The van der Waals surface area contributed by atoms with Crippen LogP contribution in [-0.2, 0) is 16.0 Å². The van der Waals surface area contributed by atoms with Crippen molar-refractivity contribution in [3.63, 3.8) is 0 Å². The van der Waals surface area contributed by atoms with Crippen LogP contribution in [0.3, 0.4) is 0 Å². The number of aliphatic imine (C=N–C) groups is 1. The summed E-state index contributed by atoms with van der Waals surface area (Å²) in [7, 11) is 0. The van der Waals surface area contributed by atoms with Crippen LogP contribution in [0, 0.1) is 0 Å². The van der Waals surface area contributed by atoms with Crippen molar-refractivity contribution in [3.05, 3.63) is 18.2 Å². The van der Waals surface area contributed by atoms with Gasteiger partial charge in [-0.05, 0) is 19.3 Å². The van der Waals surface area contributed by atoms with Crippen molar-refractivity contribution >= 4 is 17.9 Å². The molecule has 0 bridgehead atoms. The molecule has 11 heteroatoms. The summed E-state index contributed by atoms with van der Waals surface area (Å²) in [5.74, 6) is -1.91. The topological polar surface area (TPSA) is 220 Å². The molecule has 0 spiro atoms. The van der Waals surface area contributed by atoms with Crippen molar-refractivity contribution < 1.29 is 19.8 Å². The number of carboxylic acid groups (broad SMARTS) is 2. The van der Waals surface area contributed by atoms with Crippen molar-refractivity contribution in [2.24, 2.45) is 27.9 Å². The van der Waals surface area contributed by atoms with Gasteiger partial charge in [-0.1, -0.05) is 0 Å². The Hall–Kier alpha value is -2.66. The van der Waals surface area contributed by atoms with Crippen LogP contribution in [-0.4, -0.2) is 56.7 Å². The maximum atomic E-state index is 10.3. The Labute approximate surface area is 139 Å². The third-order valence-electron chi connectivity index (χ3n) is 2.85. The van der Waals surface area contributed by atoms with E-state index >= 15 is 0 Å². The zero-order valence-corrected chi connectivity index (χ0v) is 13.3. The highest BCUT2D eigenvalue weighted by atomic mass is 16.4. The van der Waals surface area contributed by atoms with Gasteiger partial charge in [-0.15, -0.1) is 0 Å². The number of guanidine groups is 1. The quantitative estimate of drug-likeness (QED) is 0.152. The third-order valence-corrected chi connectivity index (χ3v) is 2.85. The average Bonchev–Trinajstić information content (AvgIpc) is 2.99. The Morgan fingerprint density at radius 1 is 1.17 bits per heavy atom. The van der Waals surface area contributed by atoms with Gasteiger partial charge in [0.1, 0.15) is 12.1 Å². The van der Waals surface area contributed by atoms with E-state index in [9.17, 15) is 9.59 Å². The van der Waals surface area contributed by atoms with Gasteiger partial charge in [-0.3, -0.25) is 14.6 Å². The van der Waals surface area contributed by atoms with Crippen LogP contribution in [0.5, 0.6) is 0 Å². The van der Waals surface area contributed by atoms with Gasteiger partial charge in [0, 0.05) is 24.9 Å². The summed E-state index contributed by atoms with van der Waals surface area (Å²) in [6, 6.07) is -1.63. The number of carboxylic acids is 2. The highest BCUT2D eigenvalue weighted by Crippen LogP contribution is 1.99. The van der Waals surface area contributed by atoms with Gasteiger partial charge in [0.2, 0.25) is 0 Å². The summed E-state index contributed by atoms with van der Waals surface area (Å²) in [6.45, 7) is 0.522. The number of aliphatic carboxylic acids is 2. The molecule has 2 atom stereocenters. The van der Waals surface area contributed by atoms with Crippen LogP contribution in [0.2, 0.25) is 0 Å². The van der Waals surface area contributed by atoms with E-state index in [1.54, 1.807) is 6.20 Å². The maximum absolute atomic E-state index is 10.3. The van der Waals surface area contributed by atoms with Gasteiger partial charge < -0.3 is 38.1 Å². The van der Waals surface area contributed by atoms with Gasteiger partial charge in [0.15, 0.2) is 5.96 Å². The lowest BCUT2D eigenvalue weighted by Crippen LogP contribution is -2.32. The van der Waals surface area contributed by atoms with Crippen LogP contribution < -0.4 is 22.9 Å². The minimum absolute atomic E-state index is 0.0579. The first-order valence-corrected chi connectivity index (χ1v) is 7.23. The number of carbonyl (C=O) groups is 2. The summed E-state index contributed by atoms with van der Waals surface area (Å²) in [5, 5.41) is 16.9. The van der Waals surface area contributed by atoms with Gasteiger partial charge in [0.25, 0.3) is 0 Å². The first kappa shape index (κ1) is 21.3. The van der Waals surface area contributed by atoms with E-state index in [4.69, 9.17) is 33.1 Å². The molecule has 0 amide bonds. The zero-order chi connectivity index (χ0) is 18.5. The molecule has 0 fully saturated rings. The van der Waals surface area contributed by atoms with Crippen molar-refractivity contribution in [1.82, 2.24) is 9.97 Å². The highest BCUT2D eigenvalue weighted by molar-refractivity contribution is 5.75. The molecule has 2 unspecified atom stereocenters. The number of rotatable bonds is 9. The molecular weight excluding hydrogens is 318 g/mol. The molecular formula is C13H25N7O4. The van der Waals surface area contributed by atoms with Crippen molar-refractivity contribution in [1.29, 1.82) is 0 Å². The molecule has 0 saturated carbocycles. The number of imidazole rings is 1. The largest absolute Gasteiger partial charge is 0.480 e. The smallest absolute Gasteiger partial charge is 0.320 e. The molecule has 11 nitrogen and oxygen atoms in total. The van der Waals surface area contributed by atoms with E-state index in [-0.39, 0.29) is 12.4 Å². The van der Waals surface area contributed by atoms with E-state index in [2.05, 4.69) is 15.0 Å². The molecule has 1 rings (SSSR count). The SMILES string of the molecule is NC(Cc1cnc[nH]1)C(=O)O.NC(N)=NCCCCC(N)C(=O)O. The number of nitrogens with one attached hydrogen (secondary N) is 1. The summed E-state index contributed by atoms with van der Waals surface area (Å²) < 4.78 is 0. The fourth-order valence-corrected chi connectivity index (χ4v) is 1.53. The molecule has 0 aromatic carbocycles. The number of aromatic amines is 1. The van der Waals surface area contributed by atoms with Crippen LogP contribution in [0.1, 0.15) is 25.0 Å². The molecule has 1 heterocycles. The van der Waals surface area contributed by atoms with E-state index in [1.165, 1.54) is 6.33 Å². The second kappa shape index (κ2) is 11.8. The maximum Gasteiger partial charge on any atom is 0.320 e. The fraction of sp³-hybridized carbons (Fsp3) is 0.538. The highest BCUT2D eigenvalue weighted by Gasteiger charge is 2.12. The van der Waals surface area contributed by atoms with Crippen LogP contribution in [0.4, 0.5) is 0 Å². The Kier molecular flexibility index (Phi) is 10.5. The molecule has 0 aliphatic rings. The Balaban J connectivity index is 0.000000446.